The molecule has 0 unspecified atom stereocenters. The van der Waals surface area contributed by atoms with E-state index in [1.165, 1.54) is 25.6 Å². The molecule has 0 saturated carbocycles. The first-order chi connectivity index (χ1) is 5.70. The van der Waals surface area contributed by atoms with Crippen LogP contribution in [-0.2, 0) is 0 Å². The summed E-state index contributed by atoms with van der Waals surface area (Å²) in [5.41, 5.74) is 0. The van der Waals surface area contributed by atoms with Gasteiger partial charge in [-0.2, -0.15) is 0 Å². The van der Waals surface area contributed by atoms with Gasteiger partial charge in [0, 0.05) is 19.4 Å². The summed E-state index contributed by atoms with van der Waals surface area (Å²) in [6, 6.07) is -0.435. The van der Waals surface area contributed by atoms with Crippen molar-refractivity contribution in [3.63, 3.8) is 0 Å². The second-order valence-corrected chi connectivity index (χ2v) is 2.13. The van der Waals surface area contributed by atoms with Crippen LogP contribution >= 0.6 is 0 Å². The number of anilines is 1. The number of nitrogens with one attached hydrogen (secondary N) is 1. The van der Waals surface area contributed by atoms with Crippen molar-refractivity contribution in [2.75, 3.05) is 12.4 Å². The van der Waals surface area contributed by atoms with Crippen LogP contribution in [0.4, 0.5) is 10.6 Å². The number of carbonyl (C=O) groups is 1. The molecule has 64 valence electrons. The van der Waals surface area contributed by atoms with E-state index in [1.54, 1.807) is 0 Å². The average molecular weight is 167 g/mol. The zero-order chi connectivity index (χ0) is 8.97. The Kier molecular flexibility index (Phi) is 2.54. The fraction of sp³-hybridized carbons (Fsp3) is 0.167. The second kappa shape index (κ2) is 3.63. The van der Waals surface area contributed by atoms with E-state index in [0.29, 0.717) is 5.82 Å². The zero-order valence-corrected chi connectivity index (χ0v) is 6.56. The summed E-state index contributed by atoms with van der Waals surface area (Å²) < 4.78 is 0. The Morgan fingerprint density at radius 3 is 2.92 bits per heavy atom. The van der Waals surface area contributed by atoms with E-state index in [2.05, 4.69) is 15.3 Å². The van der Waals surface area contributed by atoms with Crippen molar-refractivity contribution in [2.24, 2.45) is 5.84 Å². The van der Waals surface area contributed by atoms with Crippen LogP contribution in [0.5, 0.6) is 0 Å². The number of nitrogens with zero attached hydrogens (tertiary/aromatic N) is 3. The number of urea groups is 1. The molecule has 0 bridgehead atoms. The molecule has 3 N–H and O–H groups in total. The normalized spacial score (nSPS) is 9.17. The van der Waals surface area contributed by atoms with Crippen molar-refractivity contribution in [3.05, 3.63) is 18.6 Å². The maximum atomic E-state index is 10.9. The van der Waals surface area contributed by atoms with Crippen molar-refractivity contribution in [2.45, 2.75) is 0 Å². The molecule has 12 heavy (non-hydrogen) atoms. The Labute approximate surface area is 69.4 Å². The van der Waals surface area contributed by atoms with Gasteiger partial charge in [0.2, 0.25) is 0 Å². The first-order valence-electron chi connectivity index (χ1n) is 3.25. The van der Waals surface area contributed by atoms with E-state index in [-0.39, 0.29) is 0 Å². The molecule has 0 aliphatic heterocycles. The third-order valence-electron chi connectivity index (χ3n) is 1.12. The summed E-state index contributed by atoms with van der Waals surface area (Å²) in [4.78, 5) is 18.5. The van der Waals surface area contributed by atoms with Gasteiger partial charge in [-0.1, -0.05) is 0 Å². The highest BCUT2D eigenvalue weighted by Gasteiger charge is 2.03. The SMILES string of the molecule is CN(N)C(=O)Nc1cnccn1. The molecule has 1 aromatic heterocycles. The lowest BCUT2D eigenvalue weighted by atomic mass is 10.6. The third-order valence-corrected chi connectivity index (χ3v) is 1.12. The number of nitrogens with two attached hydrogens (primary N) is 1. The standard InChI is InChI=1S/C6H9N5O/c1-11(7)6(12)10-5-4-8-2-3-9-5/h2-4H,7H2,1H3,(H,9,10,12). The molecule has 2 amide bonds. The van der Waals surface area contributed by atoms with Gasteiger partial charge in [0.15, 0.2) is 5.82 Å². The molecule has 0 saturated heterocycles. The molecule has 6 nitrogen and oxygen atoms in total. The molecule has 0 aliphatic carbocycles. The van der Waals surface area contributed by atoms with E-state index in [0.717, 1.165) is 5.01 Å². The van der Waals surface area contributed by atoms with Crippen LogP contribution in [0.1, 0.15) is 0 Å². The number of rotatable bonds is 1. The van der Waals surface area contributed by atoms with Crippen LogP contribution in [-0.4, -0.2) is 28.1 Å². The first-order valence-corrected chi connectivity index (χ1v) is 3.25. The van der Waals surface area contributed by atoms with Crippen LogP contribution in [0.3, 0.4) is 0 Å². The largest absolute Gasteiger partial charge is 0.336 e. The van der Waals surface area contributed by atoms with Crippen LogP contribution in [0.15, 0.2) is 18.6 Å². The van der Waals surface area contributed by atoms with Crippen molar-refractivity contribution >= 4 is 11.8 Å². The fourth-order valence-electron chi connectivity index (χ4n) is 0.561. The number of amides is 2. The maximum Gasteiger partial charge on any atom is 0.336 e. The topological polar surface area (TPSA) is 84.1 Å². The fourth-order valence-corrected chi connectivity index (χ4v) is 0.561. The number of hydrogen-bond acceptors (Lipinski definition) is 4. The van der Waals surface area contributed by atoms with Crippen LogP contribution < -0.4 is 11.2 Å². The van der Waals surface area contributed by atoms with Crippen molar-refractivity contribution in [1.82, 2.24) is 15.0 Å². The highest BCUT2D eigenvalue weighted by molar-refractivity contribution is 5.87. The Morgan fingerprint density at radius 1 is 1.67 bits per heavy atom. The van der Waals surface area contributed by atoms with Gasteiger partial charge in [0.1, 0.15) is 0 Å². The number of hydrazine groups is 1. The lowest BCUT2D eigenvalue weighted by Crippen LogP contribution is -2.37. The van der Waals surface area contributed by atoms with E-state index in [9.17, 15) is 4.79 Å². The van der Waals surface area contributed by atoms with Gasteiger partial charge in [-0.25, -0.2) is 15.6 Å². The minimum absolute atomic E-state index is 0.375. The zero-order valence-electron chi connectivity index (χ0n) is 6.56. The summed E-state index contributed by atoms with van der Waals surface area (Å²) in [6.45, 7) is 0. The molecule has 0 atom stereocenters. The van der Waals surface area contributed by atoms with Crippen molar-refractivity contribution < 1.29 is 4.79 Å². The lowest BCUT2D eigenvalue weighted by molar-refractivity contribution is 0.223. The third kappa shape index (κ3) is 2.17. The minimum atomic E-state index is -0.435. The van der Waals surface area contributed by atoms with Crippen LogP contribution in [0.2, 0.25) is 0 Å². The number of aromatic nitrogens is 2. The van der Waals surface area contributed by atoms with E-state index in [1.807, 2.05) is 0 Å². The van der Waals surface area contributed by atoms with Crippen LogP contribution in [0, 0.1) is 0 Å². The Balaban J connectivity index is 2.59. The second-order valence-electron chi connectivity index (χ2n) is 2.13. The van der Waals surface area contributed by atoms with Gasteiger partial charge >= 0.3 is 6.03 Å². The molecular formula is C6H9N5O. The summed E-state index contributed by atoms with van der Waals surface area (Å²) in [5, 5.41) is 3.36. The van der Waals surface area contributed by atoms with Gasteiger partial charge in [-0.15, -0.1) is 0 Å². The highest BCUT2D eigenvalue weighted by atomic mass is 16.2. The molecule has 0 radical (unpaired) electrons. The predicted octanol–water partition coefficient (Wildman–Crippen LogP) is -0.186. The van der Waals surface area contributed by atoms with Crippen molar-refractivity contribution in [3.8, 4) is 0 Å². The van der Waals surface area contributed by atoms with Crippen molar-refractivity contribution in [1.29, 1.82) is 0 Å². The van der Waals surface area contributed by atoms with E-state index >= 15 is 0 Å². The van der Waals surface area contributed by atoms with Gasteiger partial charge in [0.25, 0.3) is 0 Å². The Bertz CT molecular complexity index is 260. The van der Waals surface area contributed by atoms with Gasteiger partial charge in [-0.05, 0) is 0 Å². The summed E-state index contributed by atoms with van der Waals surface area (Å²) >= 11 is 0. The summed E-state index contributed by atoms with van der Waals surface area (Å²) in [7, 11) is 1.44. The van der Waals surface area contributed by atoms with Gasteiger partial charge in [-0.3, -0.25) is 15.3 Å². The molecule has 0 aliphatic rings. The molecule has 1 aromatic rings. The lowest BCUT2D eigenvalue weighted by Gasteiger charge is -2.09. The predicted molar refractivity (Wildman–Crippen MR) is 43.0 cm³/mol. The molecule has 1 heterocycles. The Morgan fingerprint density at radius 2 is 2.42 bits per heavy atom. The van der Waals surface area contributed by atoms with Gasteiger partial charge in [0.05, 0.1) is 6.20 Å². The highest BCUT2D eigenvalue weighted by Crippen LogP contribution is 1.96. The molecule has 1 rings (SSSR count). The van der Waals surface area contributed by atoms with Gasteiger partial charge < -0.3 is 0 Å². The summed E-state index contributed by atoms with van der Waals surface area (Å²) in [5.74, 6) is 5.53. The molecule has 0 spiro atoms. The van der Waals surface area contributed by atoms with E-state index in [4.69, 9.17) is 5.84 Å². The van der Waals surface area contributed by atoms with E-state index < -0.39 is 6.03 Å². The quantitative estimate of drug-likeness (QED) is 0.345. The summed E-state index contributed by atoms with van der Waals surface area (Å²) in [6.07, 6.45) is 4.43. The molecule has 0 aromatic carbocycles. The number of hydrogen-bond donors (Lipinski definition) is 2. The van der Waals surface area contributed by atoms with Crippen LogP contribution in [0.25, 0.3) is 0 Å². The minimum Gasteiger partial charge on any atom is -0.290 e. The first kappa shape index (κ1) is 8.41. The Hall–Kier alpha value is -1.69. The smallest absolute Gasteiger partial charge is 0.290 e. The monoisotopic (exact) mass is 167 g/mol. The number of carbonyl (C=O) groups excluding carboxylic acids is 1. The molecular weight excluding hydrogens is 158 g/mol. The average Bonchev–Trinajstić information content (AvgIpc) is 2.06. The molecule has 0 fully saturated rings. The molecule has 6 heteroatoms. The maximum absolute atomic E-state index is 10.9.